The molecule has 13 heavy (non-hydrogen) atoms. The molecule has 2 N–H and O–H groups in total. The summed E-state index contributed by atoms with van der Waals surface area (Å²) in [5.74, 6) is -0.435. The fraction of sp³-hybridized carbons (Fsp3) is 0.800. The van der Waals surface area contributed by atoms with Gasteiger partial charge in [-0.25, -0.2) is 0 Å². The summed E-state index contributed by atoms with van der Waals surface area (Å²) in [5.41, 5.74) is 0.0685. The summed E-state index contributed by atoms with van der Waals surface area (Å²) < 4.78 is 0. The number of rotatable bonds is 8. The molecule has 0 bridgehead atoms. The van der Waals surface area contributed by atoms with Crippen molar-refractivity contribution in [3.63, 3.8) is 0 Å². The van der Waals surface area contributed by atoms with Gasteiger partial charge in [0.1, 0.15) is 6.61 Å². The second-order valence-corrected chi connectivity index (χ2v) is 3.22. The summed E-state index contributed by atoms with van der Waals surface area (Å²) in [7, 11) is 0. The quantitative estimate of drug-likeness (QED) is 0.448. The molecule has 0 radical (unpaired) electrons. The number of nitrogens with one attached hydrogen (secondary N) is 1. The molecule has 0 saturated carbocycles. The highest BCUT2D eigenvalue weighted by Gasteiger charge is 2.06. The Bertz CT molecular complexity index is 166. The van der Waals surface area contributed by atoms with Gasteiger partial charge in [0.25, 0.3) is 0 Å². The van der Waals surface area contributed by atoms with Gasteiger partial charge in [-0.05, 0) is 12.8 Å². The molecule has 0 aliphatic heterocycles. The minimum atomic E-state index is -0.520. The number of unbranched alkanes of at least 4 members (excludes halogenated alkanes) is 4. The van der Waals surface area contributed by atoms with Crippen LogP contribution in [0.2, 0.25) is 0 Å². The third kappa shape index (κ3) is 6.46. The molecule has 0 aliphatic carbocycles. The second kappa shape index (κ2) is 7.92. The number of Topliss-reactive ketones (excluding diaryl/α,β-unsaturated/α-hetero) is 1. The first-order valence-corrected chi connectivity index (χ1v) is 4.93. The normalized spacial score (nSPS) is 10.0. The summed E-state index contributed by atoms with van der Waals surface area (Å²) in [6.07, 6.45) is 6.09. The van der Waals surface area contributed by atoms with Crippen molar-refractivity contribution in [2.24, 2.45) is 0 Å². The van der Waals surface area contributed by atoms with E-state index in [1.807, 2.05) is 0 Å². The molecule has 0 aromatic rings. The van der Waals surface area contributed by atoms with Crippen molar-refractivity contribution in [2.75, 3.05) is 6.61 Å². The summed E-state index contributed by atoms with van der Waals surface area (Å²) >= 11 is 0. The van der Waals surface area contributed by atoms with Gasteiger partial charge in [0.2, 0.25) is 5.78 Å². The maximum absolute atomic E-state index is 10.8. The maximum Gasteiger partial charge on any atom is 0.201 e. The van der Waals surface area contributed by atoms with E-state index in [9.17, 15) is 4.79 Å². The van der Waals surface area contributed by atoms with Crippen LogP contribution in [0.25, 0.3) is 0 Å². The molecule has 0 unspecified atom stereocenters. The third-order valence-corrected chi connectivity index (χ3v) is 2.01. The zero-order valence-electron chi connectivity index (χ0n) is 8.31. The Balaban J connectivity index is 3.32. The van der Waals surface area contributed by atoms with Crippen LogP contribution in [0.5, 0.6) is 0 Å². The minimum Gasteiger partial charge on any atom is -0.388 e. The van der Waals surface area contributed by atoms with Crippen molar-refractivity contribution in [1.82, 2.24) is 0 Å². The van der Waals surface area contributed by atoms with E-state index in [4.69, 9.17) is 10.5 Å². The highest BCUT2D eigenvalue weighted by Crippen LogP contribution is 2.05. The van der Waals surface area contributed by atoms with Crippen LogP contribution < -0.4 is 0 Å². The fourth-order valence-electron chi connectivity index (χ4n) is 1.14. The molecule has 0 aromatic carbocycles. The smallest absolute Gasteiger partial charge is 0.201 e. The number of aliphatic hydroxyl groups excluding tert-OH is 1. The number of hydrogen-bond acceptors (Lipinski definition) is 3. The molecule has 0 aliphatic rings. The van der Waals surface area contributed by atoms with Crippen molar-refractivity contribution < 1.29 is 9.90 Å². The zero-order valence-corrected chi connectivity index (χ0v) is 8.31. The van der Waals surface area contributed by atoms with Crippen molar-refractivity contribution in [2.45, 2.75) is 45.4 Å². The average Bonchev–Trinajstić information content (AvgIpc) is 2.16. The lowest BCUT2D eigenvalue weighted by atomic mass is 10.1. The summed E-state index contributed by atoms with van der Waals surface area (Å²) in [6.45, 7) is 1.63. The average molecular weight is 185 g/mol. The standard InChI is InChI=1S/C10H19NO2/c1-2-3-4-5-6-7-9(11)10(13)8-12/h11-12H,2-8H2,1H3. The van der Waals surface area contributed by atoms with E-state index in [2.05, 4.69) is 6.92 Å². The molecule has 0 atom stereocenters. The van der Waals surface area contributed by atoms with Gasteiger partial charge in [-0.1, -0.05) is 32.6 Å². The van der Waals surface area contributed by atoms with Crippen molar-refractivity contribution >= 4 is 11.5 Å². The van der Waals surface area contributed by atoms with E-state index in [1.54, 1.807) is 0 Å². The minimum absolute atomic E-state index is 0.0685. The molecule has 3 heteroatoms. The molecule has 3 nitrogen and oxygen atoms in total. The van der Waals surface area contributed by atoms with Crippen molar-refractivity contribution in [3.05, 3.63) is 0 Å². The number of ketones is 1. The van der Waals surface area contributed by atoms with Crippen molar-refractivity contribution in [1.29, 1.82) is 5.41 Å². The lowest BCUT2D eigenvalue weighted by Gasteiger charge is -2.00. The first kappa shape index (κ1) is 12.3. The van der Waals surface area contributed by atoms with Gasteiger partial charge in [0, 0.05) is 0 Å². The van der Waals surface area contributed by atoms with Gasteiger partial charge in [-0.15, -0.1) is 0 Å². The molecule has 76 valence electrons. The summed E-state index contributed by atoms with van der Waals surface area (Å²) in [4.78, 5) is 10.8. The predicted molar refractivity (Wildman–Crippen MR) is 53.2 cm³/mol. The molecule has 0 aromatic heterocycles. The topological polar surface area (TPSA) is 61.2 Å². The van der Waals surface area contributed by atoms with E-state index in [0.29, 0.717) is 6.42 Å². The molecule has 0 fully saturated rings. The Morgan fingerprint density at radius 2 is 1.85 bits per heavy atom. The summed E-state index contributed by atoms with van der Waals surface area (Å²) in [5, 5.41) is 15.7. The Morgan fingerprint density at radius 1 is 1.23 bits per heavy atom. The lowest BCUT2D eigenvalue weighted by molar-refractivity contribution is -0.115. The van der Waals surface area contributed by atoms with Crippen LogP contribution in [0.4, 0.5) is 0 Å². The van der Waals surface area contributed by atoms with Crippen LogP contribution >= 0.6 is 0 Å². The van der Waals surface area contributed by atoms with Gasteiger partial charge >= 0.3 is 0 Å². The predicted octanol–water partition coefficient (Wildman–Crippen LogP) is 1.93. The highest BCUT2D eigenvalue weighted by atomic mass is 16.3. The number of hydrogen-bond donors (Lipinski definition) is 2. The van der Waals surface area contributed by atoms with Crippen LogP contribution in [-0.4, -0.2) is 23.2 Å². The van der Waals surface area contributed by atoms with Crippen molar-refractivity contribution in [3.8, 4) is 0 Å². The number of aliphatic hydroxyl groups is 1. The van der Waals surface area contributed by atoms with Crippen LogP contribution in [0, 0.1) is 5.41 Å². The molecule has 0 amide bonds. The molecular formula is C10H19NO2. The van der Waals surface area contributed by atoms with E-state index < -0.39 is 12.4 Å². The number of carbonyl (C=O) groups is 1. The zero-order chi connectivity index (χ0) is 10.1. The van der Waals surface area contributed by atoms with Gasteiger partial charge in [0.15, 0.2) is 0 Å². The maximum atomic E-state index is 10.8. The van der Waals surface area contributed by atoms with Gasteiger partial charge in [-0.2, -0.15) is 0 Å². The SMILES string of the molecule is CCCCCCCC(=N)C(=O)CO. The Kier molecular flexibility index (Phi) is 7.50. The van der Waals surface area contributed by atoms with Crippen LogP contribution in [0.15, 0.2) is 0 Å². The highest BCUT2D eigenvalue weighted by molar-refractivity contribution is 6.39. The van der Waals surface area contributed by atoms with Gasteiger partial charge < -0.3 is 10.5 Å². The van der Waals surface area contributed by atoms with Crippen LogP contribution in [0.1, 0.15) is 45.4 Å². The van der Waals surface area contributed by atoms with E-state index >= 15 is 0 Å². The van der Waals surface area contributed by atoms with Gasteiger partial charge in [-0.3, -0.25) is 4.79 Å². The molecule has 0 rings (SSSR count). The Hall–Kier alpha value is -0.700. The Morgan fingerprint density at radius 3 is 2.38 bits per heavy atom. The lowest BCUT2D eigenvalue weighted by Crippen LogP contribution is -2.16. The van der Waals surface area contributed by atoms with Gasteiger partial charge in [0.05, 0.1) is 5.71 Å². The first-order valence-electron chi connectivity index (χ1n) is 4.93. The van der Waals surface area contributed by atoms with E-state index in [0.717, 1.165) is 12.8 Å². The molecule has 0 saturated heterocycles. The molecular weight excluding hydrogens is 166 g/mol. The second-order valence-electron chi connectivity index (χ2n) is 3.22. The fourth-order valence-corrected chi connectivity index (χ4v) is 1.14. The van der Waals surface area contributed by atoms with Crippen LogP contribution in [-0.2, 0) is 4.79 Å². The Labute approximate surface area is 79.7 Å². The number of carbonyl (C=O) groups excluding carboxylic acids is 1. The molecule has 0 spiro atoms. The monoisotopic (exact) mass is 185 g/mol. The largest absolute Gasteiger partial charge is 0.388 e. The third-order valence-electron chi connectivity index (χ3n) is 2.01. The first-order chi connectivity index (χ1) is 6.22. The molecule has 0 heterocycles. The van der Waals surface area contributed by atoms with Crippen LogP contribution in [0.3, 0.4) is 0 Å². The van der Waals surface area contributed by atoms with E-state index in [1.165, 1.54) is 19.3 Å². The van der Waals surface area contributed by atoms with E-state index in [-0.39, 0.29) is 5.71 Å². The summed E-state index contributed by atoms with van der Waals surface area (Å²) in [6, 6.07) is 0.